The highest BCUT2D eigenvalue weighted by Gasteiger charge is 2.10. The van der Waals surface area contributed by atoms with E-state index in [1.165, 1.54) is 0 Å². The molecule has 0 spiro atoms. The lowest BCUT2D eigenvalue weighted by molar-refractivity contribution is 0.0950. The summed E-state index contributed by atoms with van der Waals surface area (Å²) in [5, 5.41) is 11.5. The van der Waals surface area contributed by atoms with Gasteiger partial charge in [-0.15, -0.1) is 0 Å². The molecule has 0 aliphatic rings. The molecule has 0 aliphatic carbocycles. The van der Waals surface area contributed by atoms with Gasteiger partial charge in [0.2, 0.25) is 0 Å². The molecular weight excluding hydrogens is 412 g/mol. The van der Waals surface area contributed by atoms with Crippen LogP contribution in [0.15, 0.2) is 90.0 Å². The smallest absolute Gasteiger partial charge is 0.289 e. The quantitative estimate of drug-likeness (QED) is 0.317. The Bertz CT molecular complexity index is 1170. The van der Waals surface area contributed by atoms with E-state index in [9.17, 15) is 4.79 Å². The Balaban J connectivity index is 1.30. The third-order valence-electron chi connectivity index (χ3n) is 4.47. The van der Waals surface area contributed by atoms with Crippen molar-refractivity contribution in [2.75, 3.05) is 0 Å². The Morgan fingerprint density at radius 1 is 1.03 bits per heavy atom. The lowest BCUT2D eigenvalue weighted by atomic mass is 10.1. The molecule has 4 rings (SSSR count). The number of rotatable bonds is 7. The number of amides is 1. The van der Waals surface area contributed by atoms with E-state index >= 15 is 0 Å². The van der Waals surface area contributed by atoms with Crippen molar-refractivity contribution in [3.05, 3.63) is 107 Å². The molecule has 2 N–H and O–H groups in total. The van der Waals surface area contributed by atoms with E-state index in [1.54, 1.807) is 24.4 Å². The van der Waals surface area contributed by atoms with Crippen LogP contribution in [0.4, 0.5) is 0 Å². The first-order valence-electron chi connectivity index (χ1n) is 9.59. The first-order chi connectivity index (χ1) is 15.2. The third kappa shape index (κ3) is 5.58. The van der Waals surface area contributed by atoms with E-state index in [1.807, 2.05) is 66.7 Å². The first-order valence-corrected chi connectivity index (χ1v) is 9.97. The van der Waals surface area contributed by atoms with Crippen LogP contribution in [0.2, 0.25) is 5.02 Å². The summed E-state index contributed by atoms with van der Waals surface area (Å²) in [6.07, 6.45) is 1.56. The van der Waals surface area contributed by atoms with Crippen LogP contribution in [-0.4, -0.2) is 22.3 Å². The number of benzene rings is 3. The maximum atomic E-state index is 12.3. The highest BCUT2D eigenvalue weighted by Crippen LogP contribution is 2.20. The number of nitrogens with zero attached hydrogens (tertiary/aromatic N) is 2. The Kier molecular flexibility index (Phi) is 6.40. The largest absolute Gasteiger partial charge is 0.489 e. The molecule has 31 heavy (non-hydrogen) atoms. The van der Waals surface area contributed by atoms with Crippen molar-refractivity contribution in [1.82, 2.24) is 15.6 Å². The molecule has 3 aromatic carbocycles. The predicted molar refractivity (Wildman–Crippen MR) is 121 cm³/mol. The molecule has 4 aromatic rings. The number of nitrogens with one attached hydrogen (secondary N) is 2. The summed E-state index contributed by atoms with van der Waals surface area (Å²) in [6, 6.07) is 26.3. The number of hydrazone groups is 1. The molecule has 0 aliphatic heterocycles. The van der Waals surface area contributed by atoms with Crippen molar-refractivity contribution in [1.29, 1.82) is 0 Å². The molecule has 1 heterocycles. The van der Waals surface area contributed by atoms with Gasteiger partial charge in [-0.25, -0.2) is 5.43 Å². The molecule has 1 aromatic heterocycles. The van der Waals surface area contributed by atoms with Gasteiger partial charge < -0.3 is 4.74 Å². The van der Waals surface area contributed by atoms with Gasteiger partial charge in [0.1, 0.15) is 18.1 Å². The zero-order valence-electron chi connectivity index (χ0n) is 16.5. The molecule has 7 heteroatoms. The van der Waals surface area contributed by atoms with Gasteiger partial charge in [-0.3, -0.25) is 9.89 Å². The van der Waals surface area contributed by atoms with E-state index in [0.717, 1.165) is 22.4 Å². The summed E-state index contributed by atoms with van der Waals surface area (Å²) >= 11 is 5.90. The molecule has 6 nitrogen and oxygen atoms in total. The zero-order valence-corrected chi connectivity index (χ0v) is 17.2. The Hall–Kier alpha value is -3.90. The van der Waals surface area contributed by atoms with Crippen LogP contribution in [0.25, 0.3) is 11.3 Å². The number of carbonyl (C=O) groups is 1. The Morgan fingerprint density at radius 2 is 1.77 bits per heavy atom. The molecule has 0 atom stereocenters. The van der Waals surface area contributed by atoms with Gasteiger partial charge in [-0.05, 0) is 53.6 Å². The average Bonchev–Trinajstić information content (AvgIpc) is 3.30. The second kappa shape index (κ2) is 9.73. The fraction of sp³-hybridized carbons (Fsp3) is 0.0417. The van der Waals surface area contributed by atoms with Crippen molar-refractivity contribution in [2.45, 2.75) is 6.61 Å². The molecule has 0 radical (unpaired) electrons. The van der Waals surface area contributed by atoms with Crippen LogP contribution in [-0.2, 0) is 6.61 Å². The number of hydrogen-bond acceptors (Lipinski definition) is 4. The minimum Gasteiger partial charge on any atom is -0.489 e. The van der Waals surface area contributed by atoms with Crippen molar-refractivity contribution in [3.63, 3.8) is 0 Å². The van der Waals surface area contributed by atoms with Crippen molar-refractivity contribution in [3.8, 4) is 17.0 Å². The number of aromatic nitrogens is 2. The summed E-state index contributed by atoms with van der Waals surface area (Å²) in [4.78, 5) is 12.3. The minimum absolute atomic E-state index is 0.312. The van der Waals surface area contributed by atoms with Crippen molar-refractivity contribution >= 4 is 23.7 Å². The summed E-state index contributed by atoms with van der Waals surface area (Å²) in [5.74, 6) is 0.379. The monoisotopic (exact) mass is 430 g/mol. The van der Waals surface area contributed by atoms with Gasteiger partial charge in [0.15, 0.2) is 0 Å². The van der Waals surface area contributed by atoms with E-state index in [-0.39, 0.29) is 5.91 Å². The number of carbonyl (C=O) groups excluding carboxylic acids is 1. The Morgan fingerprint density at radius 3 is 2.52 bits per heavy atom. The van der Waals surface area contributed by atoms with Gasteiger partial charge in [-0.2, -0.15) is 10.2 Å². The first kappa shape index (κ1) is 20.4. The van der Waals surface area contributed by atoms with Gasteiger partial charge in [0.25, 0.3) is 5.91 Å². The molecule has 0 bridgehead atoms. The fourth-order valence-corrected chi connectivity index (χ4v) is 2.95. The van der Waals surface area contributed by atoms with Gasteiger partial charge in [0.05, 0.1) is 11.9 Å². The van der Waals surface area contributed by atoms with Crippen LogP contribution in [0, 0.1) is 0 Å². The SMILES string of the molecule is O=C(NN=Cc1ccc(OCc2ccccc2)cc1)c1cc(-c2ccc(Cl)cc2)n[nH]1. The number of halogens is 1. The second-order valence-corrected chi connectivity index (χ2v) is 7.15. The van der Waals surface area contributed by atoms with Gasteiger partial charge >= 0.3 is 0 Å². The van der Waals surface area contributed by atoms with Crippen molar-refractivity contribution in [2.24, 2.45) is 5.10 Å². The third-order valence-corrected chi connectivity index (χ3v) is 4.72. The van der Waals surface area contributed by atoms with Crippen LogP contribution in [0.1, 0.15) is 21.6 Å². The topological polar surface area (TPSA) is 79.4 Å². The number of ether oxygens (including phenoxy) is 1. The number of hydrogen-bond donors (Lipinski definition) is 2. The van der Waals surface area contributed by atoms with E-state index in [4.69, 9.17) is 16.3 Å². The Labute approximate surface area is 184 Å². The molecule has 0 saturated carbocycles. The second-order valence-electron chi connectivity index (χ2n) is 6.72. The van der Waals surface area contributed by atoms with Gasteiger partial charge in [0, 0.05) is 10.6 Å². The normalized spacial score (nSPS) is 10.9. The van der Waals surface area contributed by atoms with Crippen LogP contribution < -0.4 is 10.2 Å². The highest BCUT2D eigenvalue weighted by molar-refractivity contribution is 6.30. The molecule has 154 valence electrons. The lowest BCUT2D eigenvalue weighted by Crippen LogP contribution is -2.17. The minimum atomic E-state index is -0.383. The maximum absolute atomic E-state index is 12.3. The fourth-order valence-electron chi connectivity index (χ4n) is 2.82. The highest BCUT2D eigenvalue weighted by atomic mass is 35.5. The molecule has 0 unspecified atom stereocenters. The average molecular weight is 431 g/mol. The maximum Gasteiger partial charge on any atom is 0.289 e. The van der Waals surface area contributed by atoms with Gasteiger partial charge in [-0.1, -0.05) is 54.1 Å². The van der Waals surface area contributed by atoms with Crippen LogP contribution in [0.3, 0.4) is 0 Å². The van der Waals surface area contributed by atoms with Crippen molar-refractivity contribution < 1.29 is 9.53 Å². The zero-order chi connectivity index (χ0) is 21.5. The van der Waals surface area contributed by atoms with E-state index in [0.29, 0.717) is 23.0 Å². The standard InChI is InChI=1S/C24H19ClN4O2/c25-20-10-8-19(9-11-20)22-14-23(28-27-22)24(30)29-26-15-17-6-12-21(13-7-17)31-16-18-4-2-1-3-5-18/h1-15H,16H2,(H,27,28)(H,29,30). The summed E-state index contributed by atoms with van der Waals surface area (Å²) in [7, 11) is 0. The molecule has 0 fully saturated rings. The number of H-pyrrole nitrogens is 1. The summed E-state index contributed by atoms with van der Waals surface area (Å²) < 4.78 is 5.76. The molecule has 1 amide bonds. The van der Waals surface area contributed by atoms with E-state index < -0.39 is 0 Å². The summed E-state index contributed by atoms with van der Waals surface area (Å²) in [5.41, 5.74) is 6.25. The van der Waals surface area contributed by atoms with Crippen LogP contribution in [0.5, 0.6) is 5.75 Å². The molecular formula is C24H19ClN4O2. The summed E-state index contributed by atoms with van der Waals surface area (Å²) in [6.45, 7) is 0.506. The number of aromatic amines is 1. The van der Waals surface area contributed by atoms with Crippen LogP contribution >= 0.6 is 11.6 Å². The molecule has 0 saturated heterocycles. The predicted octanol–water partition coefficient (Wildman–Crippen LogP) is 5.07. The van der Waals surface area contributed by atoms with E-state index in [2.05, 4.69) is 20.7 Å². The lowest BCUT2D eigenvalue weighted by Gasteiger charge is -2.06.